The highest BCUT2D eigenvalue weighted by Gasteiger charge is 2.22. The number of aromatic nitrogens is 1. The molecule has 0 bridgehead atoms. The third-order valence-electron chi connectivity index (χ3n) is 3.45. The van der Waals surface area contributed by atoms with Crippen molar-refractivity contribution in [2.45, 2.75) is 0 Å². The van der Waals surface area contributed by atoms with Crippen LogP contribution in [0.3, 0.4) is 0 Å². The fourth-order valence-corrected chi connectivity index (χ4v) is 3.02. The number of ether oxygens (including phenoxy) is 2. The molecule has 1 N–H and O–H groups in total. The van der Waals surface area contributed by atoms with Crippen molar-refractivity contribution in [3.05, 3.63) is 48.3 Å². The van der Waals surface area contributed by atoms with Gasteiger partial charge in [0.25, 0.3) is 5.91 Å². The summed E-state index contributed by atoms with van der Waals surface area (Å²) >= 11 is 0. The molecule has 2 aromatic rings. The lowest BCUT2D eigenvalue weighted by molar-refractivity contribution is -0.119. The second-order valence-corrected chi connectivity index (χ2v) is 7.29. The molecular weight excluding hydrogens is 372 g/mol. The van der Waals surface area contributed by atoms with Gasteiger partial charge >= 0.3 is 0 Å². The van der Waals surface area contributed by atoms with Gasteiger partial charge in [-0.2, -0.15) is 5.10 Å². The Balaban J connectivity index is 2.15. The predicted molar refractivity (Wildman–Crippen MR) is 102 cm³/mol. The first-order valence-electron chi connectivity index (χ1n) is 7.77. The van der Waals surface area contributed by atoms with Gasteiger partial charge in [0, 0.05) is 18.5 Å². The number of anilines is 1. The molecule has 10 heteroatoms. The van der Waals surface area contributed by atoms with E-state index in [1.807, 2.05) is 0 Å². The van der Waals surface area contributed by atoms with Crippen LogP contribution in [0, 0.1) is 0 Å². The summed E-state index contributed by atoms with van der Waals surface area (Å²) < 4.78 is 35.6. The Kier molecular flexibility index (Phi) is 6.72. The molecule has 0 aliphatic carbocycles. The van der Waals surface area contributed by atoms with Crippen molar-refractivity contribution < 1.29 is 22.7 Å². The average Bonchev–Trinajstić information content (AvgIpc) is 2.65. The van der Waals surface area contributed by atoms with Crippen LogP contribution < -0.4 is 19.2 Å². The first kappa shape index (κ1) is 20.2. The maximum absolute atomic E-state index is 12.1. The maximum Gasteiger partial charge on any atom is 0.260 e. The van der Waals surface area contributed by atoms with Gasteiger partial charge in [0.2, 0.25) is 10.0 Å². The average molecular weight is 392 g/mol. The summed E-state index contributed by atoms with van der Waals surface area (Å²) in [4.78, 5) is 16.0. The number of rotatable bonds is 8. The molecule has 1 aromatic carbocycles. The number of methoxy groups -OCH3 is 2. The molecule has 0 aliphatic heterocycles. The number of hydrogen-bond donors (Lipinski definition) is 1. The molecule has 0 unspecified atom stereocenters. The SMILES string of the molecule is COc1ccc(N(CC(=O)N/N=C\c2ccncc2)S(C)(=O)=O)cc1OC. The Bertz CT molecular complexity index is 916. The quantitative estimate of drug-likeness (QED) is 0.530. The van der Waals surface area contributed by atoms with Gasteiger partial charge in [-0.25, -0.2) is 13.8 Å². The van der Waals surface area contributed by atoms with Crippen LogP contribution in [-0.2, 0) is 14.8 Å². The van der Waals surface area contributed by atoms with Gasteiger partial charge in [-0.05, 0) is 29.8 Å². The van der Waals surface area contributed by atoms with Crippen LogP contribution in [0.4, 0.5) is 5.69 Å². The van der Waals surface area contributed by atoms with Crippen LogP contribution in [0.25, 0.3) is 0 Å². The molecule has 0 aliphatic rings. The number of sulfonamides is 1. The topological polar surface area (TPSA) is 110 Å². The lowest BCUT2D eigenvalue weighted by atomic mass is 10.2. The van der Waals surface area contributed by atoms with Crippen LogP contribution >= 0.6 is 0 Å². The molecule has 0 saturated carbocycles. The lowest BCUT2D eigenvalue weighted by Gasteiger charge is -2.22. The highest BCUT2D eigenvalue weighted by molar-refractivity contribution is 7.92. The molecule has 1 amide bonds. The minimum Gasteiger partial charge on any atom is -0.493 e. The van der Waals surface area contributed by atoms with E-state index in [0.29, 0.717) is 11.5 Å². The Morgan fingerprint density at radius 1 is 1.19 bits per heavy atom. The summed E-state index contributed by atoms with van der Waals surface area (Å²) in [5.41, 5.74) is 3.31. The zero-order valence-corrected chi connectivity index (χ0v) is 15.9. The number of hydrazone groups is 1. The van der Waals surface area contributed by atoms with E-state index in [9.17, 15) is 13.2 Å². The number of carbonyl (C=O) groups excluding carboxylic acids is 1. The summed E-state index contributed by atoms with van der Waals surface area (Å²) in [6.07, 6.45) is 5.62. The van der Waals surface area contributed by atoms with Gasteiger partial charge in [-0.1, -0.05) is 0 Å². The highest BCUT2D eigenvalue weighted by atomic mass is 32.2. The van der Waals surface area contributed by atoms with E-state index in [-0.39, 0.29) is 5.69 Å². The van der Waals surface area contributed by atoms with Crippen LogP contribution in [0.5, 0.6) is 11.5 Å². The third-order valence-corrected chi connectivity index (χ3v) is 4.59. The van der Waals surface area contributed by atoms with E-state index in [2.05, 4.69) is 15.5 Å². The first-order chi connectivity index (χ1) is 12.8. The molecule has 0 spiro atoms. The minimum absolute atomic E-state index is 0.267. The summed E-state index contributed by atoms with van der Waals surface area (Å²) in [7, 11) is -0.809. The van der Waals surface area contributed by atoms with Gasteiger partial charge in [0.1, 0.15) is 6.54 Å². The second-order valence-electron chi connectivity index (χ2n) is 5.38. The normalized spacial score (nSPS) is 11.2. The molecule has 1 heterocycles. The molecule has 9 nitrogen and oxygen atoms in total. The van der Waals surface area contributed by atoms with Gasteiger partial charge < -0.3 is 9.47 Å². The Labute approximate surface area is 157 Å². The monoisotopic (exact) mass is 392 g/mol. The fourth-order valence-electron chi connectivity index (χ4n) is 2.17. The standard InChI is InChI=1S/C17H20N4O5S/c1-25-15-5-4-14(10-16(15)26-2)21(27(3,23)24)12-17(22)20-19-11-13-6-8-18-9-7-13/h4-11H,12H2,1-3H3,(H,20,22)/b19-11-. The van der Waals surface area contributed by atoms with E-state index in [4.69, 9.17) is 9.47 Å². The molecule has 0 fully saturated rings. The van der Waals surface area contributed by atoms with E-state index in [1.165, 1.54) is 32.6 Å². The van der Waals surface area contributed by atoms with Crippen molar-refractivity contribution in [1.29, 1.82) is 0 Å². The largest absolute Gasteiger partial charge is 0.493 e. The number of amides is 1. The number of carbonyl (C=O) groups is 1. The van der Waals surface area contributed by atoms with E-state index in [0.717, 1.165) is 16.1 Å². The maximum atomic E-state index is 12.1. The molecule has 0 radical (unpaired) electrons. The van der Waals surface area contributed by atoms with Crippen molar-refractivity contribution in [2.75, 3.05) is 31.3 Å². The zero-order valence-electron chi connectivity index (χ0n) is 15.1. The molecule has 0 atom stereocenters. The summed E-state index contributed by atoms with van der Waals surface area (Å²) in [5.74, 6) is 0.196. The van der Waals surface area contributed by atoms with Crippen molar-refractivity contribution in [3.8, 4) is 11.5 Å². The van der Waals surface area contributed by atoms with Crippen molar-refractivity contribution >= 4 is 27.8 Å². The zero-order chi connectivity index (χ0) is 19.9. The minimum atomic E-state index is -3.72. The Morgan fingerprint density at radius 3 is 2.44 bits per heavy atom. The molecule has 2 rings (SSSR count). The number of pyridine rings is 1. The molecule has 144 valence electrons. The van der Waals surface area contributed by atoms with Gasteiger partial charge in [-0.15, -0.1) is 0 Å². The lowest BCUT2D eigenvalue weighted by Crippen LogP contribution is -2.39. The van der Waals surface area contributed by atoms with E-state index < -0.39 is 22.5 Å². The van der Waals surface area contributed by atoms with Crippen molar-refractivity contribution in [2.24, 2.45) is 5.10 Å². The van der Waals surface area contributed by atoms with Crippen LogP contribution in [0.15, 0.2) is 47.8 Å². The van der Waals surface area contributed by atoms with Gasteiger partial charge in [-0.3, -0.25) is 14.1 Å². The summed E-state index contributed by atoms with van der Waals surface area (Å²) in [6, 6.07) is 7.99. The van der Waals surface area contributed by atoms with Gasteiger partial charge in [0.05, 0.1) is 32.4 Å². The third kappa shape index (κ3) is 5.68. The molecule has 27 heavy (non-hydrogen) atoms. The van der Waals surface area contributed by atoms with Gasteiger partial charge in [0.15, 0.2) is 11.5 Å². The summed E-state index contributed by atoms with van der Waals surface area (Å²) in [6.45, 7) is -0.442. The first-order valence-corrected chi connectivity index (χ1v) is 9.61. The van der Waals surface area contributed by atoms with Crippen LogP contribution in [0.2, 0.25) is 0 Å². The smallest absolute Gasteiger partial charge is 0.260 e. The van der Waals surface area contributed by atoms with Crippen LogP contribution in [-0.4, -0.2) is 52.5 Å². The second kappa shape index (κ2) is 8.99. The predicted octanol–water partition coefficient (Wildman–Crippen LogP) is 1.02. The number of benzene rings is 1. The van der Waals surface area contributed by atoms with E-state index in [1.54, 1.807) is 30.6 Å². The molecule has 1 aromatic heterocycles. The number of nitrogens with one attached hydrogen (secondary N) is 1. The summed E-state index contributed by atoms with van der Waals surface area (Å²) in [5, 5.41) is 3.81. The number of nitrogens with zero attached hydrogens (tertiary/aromatic N) is 3. The Morgan fingerprint density at radius 2 is 1.85 bits per heavy atom. The Hall–Kier alpha value is -3.14. The molecule has 0 saturated heterocycles. The van der Waals surface area contributed by atoms with Crippen molar-refractivity contribution in [1.82, 2.24) is 10.4 Å². The van der Waals surface area contributed by atoms with Crippen molar-refractivity contribution in [3.63, 3.8) is 0 Å². The van der Waals surface area contributed by atoms with Crippen LogP contribution in [0.1, 0.15) is 5.56 Å². The molecular formula is C17H20N4O5S. The fraction of sp³-hybridized carbons (Fsp3) is 0.235. The highest BCUT2D eigenvalue weighted by Crippen LogP contribution is 2.32. The number of hydrogen-bond acceptors (Lipinski definition) is 7. The van der Waals surface area contributed by atoms with E-state index >= 15 is 0 Å².